The van der Waals surface area contributed by atoms with Gasteiger partial charge in [-0.1, -0.05) is 56.1 Å². The monoisotopic (exact) mass is 674 g/mol. The van der Waals surface area contributed by atoms with Crippen molar-refractivity contribution in [1.82, 2.24) is 5.32 Å². The minimum Gasteiger partial charge on any atom is -0.475 e. The fourth-order valence-electron chi connectivity index (χ4n) is 6.95. The number of ketones is 1. The first-order valence-corrected chi connectivity index (χ1v) is 15.4. The van der Waals surface area contributed by atoms with Crippen LogP contribution in [-0.4, -0.2) is 52.2 Å². The van der Waals surface area contributed by atoms with Crippen molar-refractivity contribution < 1.29 is 42.2 Å². The number of hydrogen-bond donors (Lipinski definition) is 4. The lowest BCUT2D eigenvalue weighted by atomic mass is 9.62. The van der Waals surface area contributed by atoms with Gasteiger partial charge in [0.2, 0.25) is 5.91 Å². The van der Waals surface area contributed by atoms with E-state index in [1.54, 1.807) is 6.07 Å². The maximum Gasteiger partial charge on any atom is 0.490 e. The second-order valence-electron chi connectivity index (χ2n) is 13.3. The van der Waals surface area contributed by atoms with Crippen molar-refractivity contribution in [2.75, 3.05) is 5.32 Å². The second kappa shape index (κ2) is 13.2. The highest BCUT2D eigenvalue weighted by atomic mass is 35.5. The van der Waals surface area contributed by atoms with Gasteiger partial charge in [0.15, 0.2) is 5.78 Å². The average Bonchev–Trinajstić information content (AvgIpc) is 3.39. The normalized spacial score (nSPS) is 27.9. The van der Waals surface area contributed by atoms with Gasteiger partial charge in [-0.05, 0) is 78.8 Å². The molecule has 1 amide bonds. The highest BCUT2D eigenvalue weighted by Crippen LogP contribution is 2.57. The molecular weight excluding hydrogens is 639 g/mol. The summed E-state index contributed by atoms with van der Waals surface area (Å²) in [5.74, 6) is -4.01. The third kappa shape index (κ3) is 7.48. The number of halogens is 6. The predicted molar refractivity (Wildman–Crippen MR) is 162 cm³/mol. The molecule has 2 aromatic carbocycles. The number of anilines is 1. The van der Waals surface area contributed by atoms with Crippen molar-refractivity contribution in [2.45, 2.75) is 95.0 Å². The fourth-order valence-corrected chi connectivity index (χ4v) is 7.31. The summed E-state index contributed by atoms with van der Waals surface area (Å²) in [5.41, 5.74) is 0.337. The van der Waals surface area contributed by atoms with Crippen molar-refractivity contribution in [3.63, 3.8) is 0 Å². The lowest BCUT2D eigenvalue weighted by Gasteiger charge is -2.37. The third-order valence-electron chi connectivity index (χ3n) is 8.80. The number of rotatable bonds is 5. The number of amides is 1. The number of hydrogen-bond acceptors (Lipinski definition) is 5. The standard InChI is InChI=1S/C30H35Cl2FN2O3.C2HF3O2/c1-29(2,3)15-25-30(20-13-22(33)21(32)14-23(20)34-28(30)38)26(17-5-4-6-18(31)12-17)27(35-25)24(37)11-16-7-9-19(36)10-8-16;3-2(4,5)1(6)7/h4-6,12-14,16,19,25-27,35-36H,7-11,15H2,1-3H3,(H,34,38);(H,6,7)/t16?,19?,25-,26+,27+,30+;/m1./s1. The Kier molecular flexibility index (Phi) is 10.3. The van der Waals surface area contributed by atoms with E-state index in [0.717, 1.165) is 18.4 Å². The number of Topliss-reactive ketones (excluding diaryl/α,β-unsaturated/α-hetero) is 1. The Hall–Kier alpha value is -2.73. The summed E-state index contributed by atoms with van der Waals surface area (Å²) in [6.45, 7) is 6.28. The van der Waals surface area contributed by atoms with E-state index in [-0.39, 0.29) is 34.1 Å². The summed E-state index contributed by atoms with van der Waals surface area (Å²) in [7, 11) is 0. The van der Waals surface area contributed by atoms with E-state index in [1.165, 1.54) is 12.1 Å². The number of aliphatic hydroxyl groups excluding tert-OH is 1. The number of nitrogens with one attached hydrogen (secondary N) is 2. The molecule has 0 radical (unpaired) electrons. The molecule has 7 nitrogen and oxygen atoms in total. The smallest absolute Gasteiger partial charge is 0.475 e. The Labute approximate surface area is 268 Å². The van der Waals surface area contributed by atoms with Gasteiger partial charge in [0.05, 0.1) is 17.2 Å². The van der Waals surface area contributed by atoms with E-state index >= 15 is 0 Å². The first kappa shape index (κ1) is 35.1. The summed E-state index contributed by atoms with van der Waals surface area (Å²) >= 11 is 12.6. The van der Waals surface area contributed by atoms with Crippen LogP contribution in [0.15, 0.2) is 36.4 Å². The van der Waals surface area contributed by atoms with E-state index < -0.39 is 41.4 Å². The zero-order chi connectivity index (χ0) is 33.5. The van der Waals surface area contributed by atoms with Gasteiger partial charge >= 0.3 is 12.1 Å². The van der Waals surface area contributed by atoms with Crippen LogP contribution in [0.1, 0.15) is 76.3 Å². The topological polar surface area (TPSA) is 116 Å². The number of carbonyl (C=O) groups excluding carboxylic acids is 2. The lowest BCUT2D eigenvalue weighted by molar-refractivity contribution is -0.192. The van der Waals surface area contributed by atoms with Crippen LogP contribution in [0.2, 0.25) is 10.0 Å². The molecule has 45 heavy (non-hydrogen) atoms. The first-order valence-electron chi connectivity index (χ1n) is 14.7. The number of alkyl halides is 3. The Bertz CT molecular complexity index is 1460. The largest absolute Gasteiger partial charge is 0.490 e. The number of carbonyl (C=O) groups is 3. The van der Waals surface area contributed by atoms with E-state index in [4.69, 9.17) is 33.1 Å². The van der Waals surface area contributed by atoms with Crippen molar-refractivity contribution in [3.8, 4) is 0 Å². The number of aliphatic carboxylic acids is 1. The van der Waals surface area contributed by atoms with Gasteiger partial charge in [-0.2, -0.15) is 13.2 Å². The first-order chi connectivity index (χ1) is 20.8. The van der Waals surface area contributed by atoms with Crippen molar-refractivity contribution >= 4 is 46.5 Å². The summed E-state index contributed by atoms with van der Waals surface area (Å²) < 4.78 is 46.7. The molecule has 2 aromatic rings. The van der Waals surface area contributed by atoms with Gasteiger partial charge in [-0.25, -0.2) is 9.18 Å². The summed E-state index contributed by atoms with van der Waals surface area (Å²) in [4.78, 5) is 37.1. The zero-order valence-electron chi connectivity index (χ0n) is 25.0. The minimum absolute atomic E-state index is 0.0304. The number of aliphatic hydroxyl groups is 1. The predicted octanol–water partition coefficient (Wildman–Crippen LogP) is 7.03. The van der Waals surface area contributed by atoms with Crippen molar-refractivity contribution in [2.24, 2.45) is 11.3 Å². The molecule has 3 aliphatic rings. The molecule has 4 N–H and O–H groups in total. The van der Waals surface area contributed by atoms with Crippen molar-refractivity contribution in [3.05, 3.63) is 63.4 Å². The Morgan fingerprint density at radius 3 is 2.22 bits per heavy atom. The average molecular weight is 676 g/mol. The van der Waals surface area contributed by atoms with Crippen LogP contribution in [-0.2, 0) is 19.8 Å². The minimum atomic E-state index is -5.08. The molecule has 2 aliphatic heterocycles. The summed E-state index contributed by atoms with van der Waals surface area (Å²) in [5, 5.41) is 24.1. The molecule has 2 fully saturated rings. The summed E-state index contributed by atoms with van der Waals surface area (Å²) in [6, 6.07) is 9.02. The van der Waals surface area contributed by atoms with Crippen LogP contribution >= 0.6 is 23.2 Å². The number of fused-ring (bicyclic) bond motifs is 2. The lowest BCUT2D eigenvalue weighted by Crippen LogP contribution is -2.49. The zero-order valence-corrected chi connectivity index (χ0v) is 26.5. The molecule has 2 heterocycles. The highest BCUT2D eigenvalue weighted by molar-refractivity contribution is 6.31. The van der Waals surface area contributed by atoms with E-state index in [9.17, 15) is 32.3 Å². The van der Waals surface area contributed by atoms with Gasteiger partial charge < -0.3 is 20.8 Å². The third-order valence-corrected chi connectivity index (χ3v) is 9.33. The molecule has 13 heteroatoms. The quantitative estimate of drug-likeness (QED) is 0.253. The van der Waals surface area contributed by atoms with Crippen LogP contribution in [0.5, 0.6) is 0 Å². The van der Waals surface area contributed by atoms with Gasteiger partial charge in [-0.3, -0.25) is 9.59 Å². The van der Waals surface area contributed by atoms with Crippen LogP contribution < -0.4 is 10.6 Å². The Morgan fingerprint density at radius 1 is 1.04 bits per heavy atom. The molecule has 5 rings (SSSR count). The molecule has 0 unspecified atom stereocenters. The van der Waals surface area contributed by atoms with Gasteiger partial charge in [0, 0.05) is 29.1 Å². The fraction of sp³-hybridized carbons (Fsp3) is 0.531. The molecular formula is C32H36Cl2F4N2O5. The Morgan fingerprint density at radius 2 is 1.67 bits per heavy atom. The van der Waals surface area contributed by atoms with Gasteiger partial charge in [-0.15, -0.1) is 0 Å². The number of carboxylic acid groups (broad SMARTS) is 1. The van der Waals surface area contributed by atoms with E-state index in [1.807, 2.05) is 18.2 Å². The molecule has 0 bridgehead atoms. The molecule has 4 atom stereocenters. The van der Waals surface area contributed by atoms with Crippen molar-refractivity contribution in [1.29, 1.82) is 0 Å². The second-order valence-corrected chi connectivity index (χ2v) is 14.1. The van der Waals surface area contributed by atoms with Crippen LogP contribution in [0.3, 0.4) is 0 Å². The van der Waals surface area contributed by atoms with Gasteiger partial charge in [0.25, 0.3) is 0 Å². The number of benzene rings is 2. The molecule has 1 saturated carbocycles. The highest BCUT2D eigenvalue weighted by Gasteiger charge is 2.65. The molecule has 246 valence electrons. The Balaban J connectivity index is 0.000000591. The molecule has 0 aromatic heterocycles. The van der Waals surface area contributed by atoms with Crippen LogP contribution in [0, 0.1) is 17.2 Å². The van der Waals surface area contributed by atoms with Crippen LogP contribution in [0.25, 0.3) is 0 Å². The SMILES string of the molecule is CC(C)(C)C[C@H]1N[C@@H](C(=O)CC2CCC(O)CC2)[C@H](c2cccc(Cl)c2)[C@@]12C(=O)Nc1cc(Cl)c(F)cc12.O=C(O)C(F)(F)F. The molecule has 1 spiro atoms. The maximum absolute atomic E-state index is 15.0. The maximum atomic E-state index is 15.0. The van der Waals surface area contributed by atoms with E-state index in [2.05, 4.69) is 31.4 Å². The van der Waals surface area contributed by atoms with Gasteiger partial charge in [0.1, 0.15) is 11.2 Å². The summed E-state index contributed by atoms with van der Waals surface area (Å²) in [6.07, 6.45) is -1.45. The molecule has 1 saturated heterocycles. The van der Waals surface area contributed by atoms with Crippen LogP contribution in [0.4, 0.5) is 23.2 Å². The number of carboxylic acids is 1. The van der Waals surface area contributed by atoms with E-state index in [0.29, 0.717) is 42.0 Å². The molecule has 1 aliphatic carbocycles.